The minimum Gasteiger partial charge on any atom is -0.391 e. The average Bonchev–Trinajstić information content (AvgIpc) is 2.55. The van der Waals surface area contributed by atoms with Gasteiger partial charge >= 0.3 is 0 Å². The van der Waals surface area contributed by atoms with Crippen LogP contribution in [0.1, 0.15) is 26.2 Å². The summed E-state index contributed by atoms with van der Waals surface area (Å²) < 4.78 is 0. The summed E-state index contributed by atoms with van der Waals surface area (Å²) >= 11 is 1.83. The third-order valence-electron chi connectivity index (χ3n) is 4.94. The second kappa shape index (κ2) is 5.64. The van der Waals surface area contributed by atoms with Gasteiger partial charge in [0, 0.05) is 9.79 Å². The zero-order valence-corrected chi connectivity index (χ0v) is 13.6. The number of nitrogens with zero attached hydrogens (tertiary/aromatic N) is 1. The van der Waals surface area contributed by atoms with Gasteiger partial charge in [0.1, 0.15) is 0 Å². The normalized spacial score (nSPS) is 27.2. The molecule has 0 radical (unpaired) electrons. The average molecular weight is 311 g/mol. The van der Waals surface area contributed by atoms with Crippen molar-refractivity contribution in [1.29, 1.82) is 0 Å². The fraction of sp³-hybridized carbons (Fsp3) is 0.368. The highest BCUT2D eigenvalue weighted by Gasteiger charge is 2.37. The SMILES string of the molecule is C[C@H]1CCCC(N2c3ccccc3Sc3ccccc32)[C@H]1O. The van der Waals surface area contributed by atoms with Crippen LogP contribution in [0.5, 0.6) is 0 Å². The molecule has 0 bridgehead atoms. The van der Waals surface area contributed by atoms with Crippen LogP contribution in [0.15, 0.2) is 58.3 Å². The summed E-state index contributed by atoms with van der Waals surface area (Å²) in [5.74, 6) is 0.368. The molecule has 0 saturated heterocycles. The number of para-hydroxylation sites is 2. The van der Waals surface area contributed by atoms with Crippen LogP contribution in [0.2, 0.25) is 0 Å². The third-order valence-corrected chi connectivity index (χ3v) is 6.07. The van der Waals surface area contributed by atoms with Crippen LogP contribution >= 0.6 is 11.8 Å². The molecule has 2 aliphatic rings. The van der Waals surface area contributed by atoms with Gasteiger partial charge < -0.3 is 10.0 Å². The Hall–Kier alpha value is -1.45. The number of aliphatic hydroxyl groups is 1. The van der Waals surface area contributed by atoms with Crippen molar-refractivity contribution in [1.82, 2.24) is 0 Å². The Morgan fingerprint density at radius 1 is 0.955 bits per heavy atom. The van der Waals surface area contributed by atoms with Crippen molar-refractivity contribution in [2.75, 3.05) is 4.90 Å². The monoisotopic (exact) mass is 311 g/mol. The highest BCUT2D eigenvalue weighted by Crippen LogP contribution is 2.50. The van der Waals surface area contributed by atoms with E-state index in [4.69, 9.17) is 0 Å². The molecular weight excluding hydrogens is 290 g/mol. The molecule has 0 amide bonds. The van der Waals surface area contributed by atoms with E-state index in [-0.39, 0.29) is 12.1 Å². The minimum atomic E-state index is -0.266. The first-order valence-electron chi connectivity index (χ1n) is 8.09. The molecule has 4 rings (SSSR count). The standard InChI is InChI=1S/C19H21NOS/c1-13-7-6-10-16(19(13)21)20-14-8-2-4-11-17(14)22-18-12-5-3-9-15(18)20/h2-5,8-9,11-13,16,19,21H,6-7,10H2,1H3/t13-,16?,19-/m0/s1. The molecule has 1 aliphatic carbocycles. The Morgan fingerprint density at radius 2 is 1.55 bits per heavy atom. The van der Waals surface area contributed by atoms with Crippen LogP contribution in [0.3, 0.4) is 0 Å². The van der Waals surface area contributed by atoms with E-state index < -0.39 is 0 Å². The van der Waals surface area contributed by atoms with Gasteiger partial charge in [0.2, 0.25) is 0 Å². The molecule has 1 N–H and O–H groups in total. The van der Waals surface area contributed by atoms with Crippen molar-refractivity contribution in [3.63, 3.8) is 0 Å². The maximum absolute atomic E-state index is 10.8. The van der Waals surface area contributed by atoms with Gasteiger partial charge in [-0.3, -0.25) is 0 Å². The van der Waals surface area contributed by atoms with Gasteiger partial charge in [-0.1, -0.05) is 49.4 Å². The summed E-state index contributed by atoms with van der Waals surface area (Å²) in [5.41, 5.74) is 2.48. The van der Waals surface area contributed by atoms with E-state index in [9.17, 15) is 5.11 Å². The summed E-state index contributed by atoms with van der Waals surface area (Å²) in [6.45, 7) is 2.17. The van der Waals surface area contributed by atoms with Crippen LogP contribution in [-0.4, -0.2) is 17.3 Å². The lowest BCUT2D eigenvalue weighted by Gasteiger charge is -2.44. The molecule has 22 heavy (non-hydrogen) atoms. The van der Waals surface area contributed by atoms with Gasteiger partial charge in [0.05, 0.1) is 23.5 Å². The minimum absolute atomic E-state index is 0.173. The van der Waals surface area contributed by atoms with Crippen LogP contribution in [0, 0.1) is 5.92 Å². The molecule has 1 heterocycles. The molecular formula is C19H21NOS. The molecule has 1 fully saturated rings. The largest absolute Gasteiger partial charge is 0.391 e. The van der Waals surface area contributed by atoms with Gasteiger partial charge in [-0.2, -0.15) is 0 Å². The number of rotatable bonds is 1. The first-order chi connectivity index (χ1) is 10.8. The number of benzene rings is 2. The number of hydrogen-bond donors (Lipinski definition) is 1. The number of aliphatic hydroxyl groups excluding tert-OH is 1. The van der Waals surface area contributed by atoms with Crippen LogP contribution in [0.4, 0.5) is 11.4 Å². The van der Waals surface area contributed by atoms with Gasteiger partial charge in [-0.25, -0.2) is 0 Å². The first kappa shape index (κ1) is 14.2. The molecule has 114 valence electrons. The molecule has 2 nitrogen and oxygen atoms in total. The molecule has 2 aromatic rings. The zero-order chi connectivity index (χ0) is 15.1. The van der Waals surface area contributed by atoms with E-state index in [2.05, 4.69) is 60.4 Å². The second-order valence-electron chi connectivity index (χ2n) is 6.37. The van der Waals surface area contributed by atoms with Gasteiger partial charge in [0.15, 0.2) is 0 Å². The van der Waals surface area contributed by atoms with E-state index in [1.165, 1.54) is 27.6 Å². The summed E-state index contributed by atoms with van der Waals surface area (Å²) in [4.78, 5) is 4.96. The van der Waals surface area contributed by atoms with E-state index in [0.717, 1.165) is 12.8 Å². The first-order valence-corrected chi connectivity index (χ1v) is 8.90. The van der Waals surface area contributed by atoms with Crippen molar-refractivity contribution in [2.45, 2.75) is 48.1 Å². The Kier molecular flexibility index (Phi) is 3.63. The van der Waals surface area contributed by atoms with Crippen molar-refractivity contribution >= 4 is 23.1 Å². The highest BCUT2D eigenvalue weighted by molar-refractivity contribution is 7.99. The summed E-state index contributed by atoms with van der Waals surface area (Å²) in [6, 6.07) is 17.3. The Labute approximate surface area is 136 Å². The van der Waals surface area contributed by atoms with E-state index >= 15 is 0 Å². The lowest BCUT2D eigenvalue weighted by atomic mass is 9.83. The predicted octanol–water partition coefficient (Wildman–Crippen LogP) is 4.84. The van der Waals surface area contributed by atoms with E-state index in [0.29, 0.717) is 5.92 Å². The molecule has 1 unspecified atom stereocenters. The molecule has 3 heteroatoms. The highest BCUT2D eigenvalue weighted by atomic mass is 32.2. The van der Waals surface area contributed by atoms with Crippen LogP contribution in [0.25, 0.3) is 0 Å². The Morgan fingerprint density at radius 3 is 2.18 bits per heavy atom. The van der Waals surface area contributed by atoms with Gasteiger partial charge in [-0.15, -0.1) is 0 Å². The fourth-order valence-corrected chi connectivity index (χ4v) is 4.81. The summed E-state index contributed by atoms with van der Waals surface area (Å²) in [6.07, 6.45) is 3.11. The van der Waals surface area contributed by atoms with E-state index in [1.54, 1.807) is 0 Å². The predicted molar refractivity (Wildman–Crippen MR) is 92.0 cm³/mol. The van der Waals surface area contributed by atoms with Crippen LogP contribution in [-0.2, 0) is 0 Å². The van der Waals surface area contributed by atoms with E-state index in [1.807, 2.05) is 11.8 Å². The summed E-state index contributed by atoms with van der Waals surface area (Å²) in [5, 5.41) is 10.8. The molecule has 0 aromatic heterocycles. The van der Waals surface area contributed by atoms with Crippen molar-refractivity contribution in [3.8, 4) is 0 Å². The molecule has 3 atom stereocenters. The van der Waals surface area contributed by atoms with Crippen molar-refractivity contribution in [2.24, 2.45) is 5.92 Å². The lowest BCUT2D eigenvalue weighted by Crippen LogP contribution is -2.47. The maximum Gasteiger partial charge on any atom is 0.0772 e. The Balaban J connectivity index is 1.84. The third kappa shape index (κ3) is 2.24. The quantitative estimate of drug-likeness (QED) is 0.815. The molecule has 1 aliphatic heterocycles. The van der Waals surface area contributed by atoms with Gasteiger partial charge in [0.25, 0.3) is 0 Å². The van der Waals surface area contributed by atoms with Gasteiger partial charge in [-0.05, 0) is 43.0 Å². The zero-order valence-electron chi connectivity index (χ0n) is 12.8. The Bertz CT molecular complexity index is 641. The smallest absolute Gasteiger partial charge is 0.0772 e. The molecule has 1 saturated carbocycles. The van der Waals surface area contributed by atoms with Crippen molar-refractivity contribution < 1.29 is 5.11 Å². The lowest BCUT2D eigenvalue weighted by molar-refractivity contribution is 0.0598. The number of anilines is 2. The maximum atomic E-state index is 10.8. The number of fused-ring (bicyclic) bond motifs is 2. The summed E-state index contributed by atoms with van der Waals surface area (Å²) in [7, 11) is 0. The fourth-order valence-electron chi connectivity index (χ4n) is 3.74. The van der Waals surface area contributed by atoms with Crippen LogP contribution < -0.4 is 4.90 Å². The molecule has 0 spiro atoms. The number of hydrogen-bond acceptors (Lipinski definition) is 3. The molecule has 2 aromatic carbocycles. The van der Waals surface area contributed by atoms with Crippen molar-refractivity contribution in [3.05, 3.63) is 48.5 Å². The second-order valence-corrected chi connectivity index (χ2v) is 7.46. The topological polar surface area (TPSA) is 23.5 Å².